The van der Waals surface area contributed by atoms with Gasteiger partial charge >= 0.3 is 0 Å². The number of hydrogen-bond donors (Lipinski definition) is 2. The lowest BCUT2D eigenvalue weighted by atomic mass is 10.4. The SMILES string of the molecule is Cn1cnnc1Sc1nccc(C(=N)N)n1. The molecule has 2 rings (SSSR count). The number of rotatable bonds is 3. The molecule has 7 nitrogen and oxygen atoms in total. The van der Waals surface area contributed by atoms with Crippen molar-refractivity contribution in [2.45, 2.75) is 10.3 Å². The molecule has 0 saturated heterocycles. The summed E-state index contributed by atoms with van der Waals surface area (Å²) in [5, 5.41) is 16.1. The lowest BCUT2D eigenvalue weighted by molar-refractivity contribution is 0.783. The summed E-state index contributed by atoms with van der Waals surface area (Å²) < 4.78 is 1.76. The highest BCUT2D eigenvalue weighted by Crippen LogP contribution is 2.20. The summed E-state index contributed by atoms with van der Waals surface area (Å²) in [6.45, 7) is 0. The molecule has 0 aliphatic rings. The van der Waals surface area contributed by atoms with Crippen LogP contribution in [0.25, 0.3) is 0 Å². The quantitative estimate of drug-likeness (QED) is 0.442. The fourth-order valence-corrected chi connectivity index (χ4v) is 1.69. The molecule has 82 valence electrons. The number of hydrogen-bond acceptors (Lipinski definition) is 6. The molecule has 0 unspecified atom stereocenters. The van der Waals surface area contributed by atoms with E-state index < -0.39 is 0 Å². The number of aromatic nitrogens is 5. The van der Waals surface area contributed by atoms with Gasteiger partial charge in [0.2, 0.25) is 0 Å². The lowest BCUT2D eigenvalue weighted by Crippen LogP contribution is -2.13. The Kier molecular flexibility index (Phi) is 2.82. The van der Waals surface area contributed by atoms with E-state index >= 15 is 0 Å². The van der Waals surface area contributed by atoms with Gasteiger partial charge in [-0.3, -0.25) is 5.41 Å². The Balaban J connectivity index is 2.25. The van der Waals surface area contributed by atoms with Gasteiger partial charge in [-0.15, -0.1) is 10.2 Å². The van der Waals surface area contributed by atoms with Crippen LogP contribution in [0.1, 0.15) is 5.69 Å². The monoisotopic (exact) mass is 235 g/mol. The van der Waals surface area contributed by atoms with Crippen molar-refractivity contribution in [3.05, 3.63) is 24.3 Å². The highest BCUT2D eigenvalue weighted by atomic mass is 32.2. The third kappa shape index (κ3) is 2.16. The standard InChI is InChI=1S/C8H9N7S/c1-15-4-12-14-8(15)16-7-11-3-2-5(13-7)6(9)10/h2-4H,1H3,(H3,9,10). The van der Waals surface area contributed by atoms with E-state index in [2.05, 4.69) is 20.2 Å². The second kappa shape index (κ2) is 4.27. The normalized spacial score (nSPS) is 10.3. The van der Waals surface area contributed by atoms with Gasteiger partial charge in [-0.05, 0) is 17.8 Å². The molecular formula is C8H9N7S. The maximum absolute atomic E-state index is 7.27. The van der Waals surface area contributed by atoms with Crippen LogP contribution in [0.3, 0.4) is 0 Å². The molecule has 3 N–H and O–H groups in total. The molecule has 0 radical (unpaired) electrons. The van der Waals surface area contributed by atoms with Gasteiger partial charge in [-0.1, -0.05) is 0 Å². The number of nitrogen functional groups attached to an aromatic ring is 1. The van der Waals surface area contributed by atoms with Gasteiger partial charge in [0, 0.05) is 13.2 Å². The summed E-state index contributed by atoms with van der Waals surface area (Å²) >= 11 is 1.27. The first-order valence-electron chi connectivity index (χ1n) is 4.36. The zero-order valence-electron chi connectivity index (χ0n) is 8.45. The third-order valence-corrected chi connectivity index (χ3v) is 2.69. The van der Waals surface area contributed by atoms with E-state index in [9.17, 15) is 0 Å². The van der Waals surface area contributed by atoms with Crippen LogP contribution in [0.4, 0.5) is 0 Å². The summed E-state index contributed by atoms with van der Waals surface area (Å²) in [5.41, 5.74) is 5.74. The molecule has 0 bridgehead atoms. The predicted octanol–water partition coefficient (Wildman–Crippen LogP) is 0.0404. The van der Waals surface area contributed by atoms with Crippen molar-refractivity contribution in [3.8, 4) is 0 Å². The van der Waals surface area contributed by atoms with Crippen LogP contribution in [0, 0.1) is 5.41 Å². The van der Waals surface area contributed by atoms with E-state index in [1.165, 1.54) is 11.8 Å². The molecule has 2 aromatic heterocycles. The van der Waals surface area contributed by atoms with Crippen LogP contribution in [-0.4, -0.2) is 30.6 Å². The number of nitrogens with two attached hydrogens (primary N) is 1. The first-order valence-corrected chi connectivity index (χ1v) is 5.18. The molecule has 0 fully saturated rings. The van der Waals surface area contributed by atoms with Gasteiger partial charge in [0.05, 0.1) is 0 Å². The van der Waals surface area contributed by atoms with Crippen LogP contribution >= 0.6 is 11.8 Å². The van der Waals surface area contributed by atoms with Gasteiger partial charge < -0.3 is 10.3 Å². The Morgan fingerprint density at radius 2 is 2.38 bits per heavy atom. The zero-order valence-corrected chi connectivity index (χ0v) is 9.27. The second-order valence-electron chi connectivity index (χ2n) is 2.96. The topological polar surface area (TPSA) is 106 Å². The smallest absolute Gasteiger partial charge is 0.198 e. The van der Waals surface area contributed by atoms with Crippen molar-refractivity contribution in [2.75, 3.05) is 0 Å². The van der Waals surface area contributed by atoms with Crippen molar-refractivity contribution >= 4 is 17.6 Å². The van der Waals surface area contributed by atoms with E-state index in [-0.39, 0.29) is 5.84 Å². The largest absolute Gasteiger partial charge is 0.382 e. The molecule has 0 amide bonds. The van der Waals surface area contributed by atoms with E-state index in [1.54, 1.807) is 23.2 Å². The van der Waals surface area contributed by atoms with Gasteiger partial charge in [0.1, 0.15) is 17.9 Å². The third-order valence-electron chi connectivity index (χ3n) is 1.76. The summed E-state index contributed by atoms with van der Waals surface area (Å²) in [6.07, 6.45) is 3.15. The Hall–Kier alpha value is -1.96. The number of amidine groups is 1. The Bertz CT molecular complexity index is 521. The van der Waals surface area contributed by atoms with Crippen molar-refractivity contribution in [2.24, 2.45) is 12.8 Å². The number of nitrogens with one attached hydrogen (secondary N) is 1. The van der Waals surface area contributed by atoms with E-state index in [0.717, 1.165) is 0 Å². The van der Waals surface area contributed by atoms with E-state index in [4.69, 9.17) is 11.1 Å². The molecule has 0 aliphatic heterocycles. The van der Waals surface area contributed by atoms with Gasteiger partial charge in [0.15, 0.2) is 10.3 Å². The number of aryl methyl sites for hydroxylation is 1. The van der Waals surface area contributed by atoms with Crippen LogP contribution in [0.15, 0.2) is 28.9 Å². The number of nitrogens with zero attached hydrogens (tertiary/aromatic N) is 5. The first-order chi connectivity index (χ1) is 7.66. The molecule has 0 spiro atoms. The molecule has 8 heteroatoms. The van der Waals surface area contributed by atoms with Gasteiger partial charge in [-0.25, -0.2) is 9.97 Å². The highest BCUT2D eigenvalue weighted by molar-refractivity contribution is 7.99. The zero-order chi connectivity index (χ0) is 11.5. The molecule has 0 saturated carbocycles. The van der Waals surface area contributed by atoms with Gasteiger partial charge in [0.25, 0.3) is 0 Å². The summed E-state index contributed by atoms with van der Waals surface area (Å²) in [7, 11) is 1.83. The molecule has 2 aromatic rings. The van der Waals surface area contributed by atoms with Crippen molar-refractivity contribution in [1.29, 1.82) is 5.41 Å². The van der Waals surface area contributed by atoms with Gasteiger partial charge in [-0.2, -0.15) is 0 Å². The fourth-order valence-electron chi connectivity index (χ4n) is 0.987. The minimum Gasteiger partial charge on any atom is -0.382 e. The summed E-state index contributed by atoms with van der Waals surface area (Å²) in [6, 6.07) is 1.59. The van der Waals surface area contributed by atoms with Crippen LogP contribution in [0.5, 0.6) is 0 Å². The molecule has 0 aliphatic carbocycles. The Morgan fingerprint density at radius 3 is 3.00 bits per heavy atom. The molecular weight excluding hydrogens is 226 g/mol. The lowest BCUT2D eigenvalue weighted by Gasteiger charge is -2.00. The van der Waals surface area contributed by atoms with Crippen LogP contribution in [-0.2, 0) is 7.05 Å². The maximum Gasteiger partial charge on any atom is 0.198 e. The fraction of sp³-hybridized carbons (Fsp3) is 0.125. The minimum absolute atomic E-state index is 0.0813. The van der Waals surface area contributed by atoms with Crippen molar-refractivity contribution < 1.29 is 0 Å². The average molecular weight is 235 g/mol. The molecule has 0 aromatic carbocycles. The van der Waals surface area contributed by atoms with Crippen LogP contribution < -0.4 is 5.73 Å². The van der Waals surface area contributed by atoms with Crippen molar-refractivity contribution in [3.63, 3.8) is 0 Å². The first kappa shape index (κ1) is 10.6. The molecule has 0 atom stereocenters. The Morgan fingerprint density at radius 1 is 1.56 bits per heavy atom. The van der Waals surface area contributed by atoms with E-state index in [0.29, 0.717) is 16.0 Å². The molecule has 2 heterocycles. The van der Waals surface area contributed by atoms with E-state index in [1.807, 2.05) is 7.05 Å². The van der Waals surface area contributed by atoms with Crippen molar-refractivity contribution in [1.82, 2.24) is 24.7 Å². The highest BCUT2D eigenvalue weighted by Gasteiger charge is 2.07. The second-order valence-corrected chi connectivity index (χ2v) is 3.90. The molecule has 16 heavy (non-hydrogen) atoms. The summed E-state index contributed by atoms with van der Waals surface area (Å²) in [4.78, 5) is 8.17. The summed E-state index contributed by atoms with van der Waals surface area (Å²) in [5.74, 6) is -0.0813. The minimum atomic E-state index is -0.0813. The van der Waals surface area contributed by atoms with Crippen LogP contribution in [0.2, 0.25) is 0 Å². The maximum atomic E-state index is 7.27. The average Bonchev–Trinajstić information content (AvgIpc) is 2.65. The predicted molar refractivity (Wildman–Crippen MR) is 58.2 cm³/mol. The Labute approximate surface area is 95.6 Å².